The number of carbonyl (C=O) groups excluding carboxylic acids is 1. The van der Waals surface area contributed by atoms with Gasteiger partial charge in [-0.05, 0) is 19.4 Å². The van der Waals surface area contributed by atoms with Gasteiger partial charge in [-0.3, -0.25) is 9.59 Å². The lowest BCUT2D eigenvalue weighted by Gasteiger charge is -2.22. The number of carboxylic acid groups (broad SMARTS) is 1. The molecule has 15 heavy (non-hydrogen) atoms. The number of piperidine rings is 1. The van der Waals surface area contributed by atoms with Crippen LogP contribution in [0.2, 0.25) is 0 Å². The summed E-state index contributed by atoms with van der Waals surface area (Å²) < 4.78 is 0. The number of rotatable bonds is 4. The Bertz CT molecular complexity index is 237. The lowest BCUT2D eigenvalue weighted by Crippen LogP contribution is -2.42. The van der Waals surface area contributed by atoms with Gasteiger partial charge in [0.2, 0.25) is 5.91 Å². The predicted molar refractivity (Wildman–Crippen MR) is 55.4 cm³/mol. The van der Waals surface area contributed by atoms with Crippen LogP contribution in [0.15, 0.2) is 0 Å². The second kappa shape index (κ2) is 5.70. The molecule has 0 aromatic heterocycles. The average Bonchev–Trinajstić information content (AvgIpc) is 2.26. The van der Waals surface area contributed by atoms with Crippen molar-refractivity contribution >= 4 is 11.9 Å². The number of hydrogen-bond donors (Lipinski definition) is 3. The third kappa shape index (κ3) is 3.87. The molecule has 0 spiro atoms. The maximum absolute atomic E-state index is 11.6. The van der Waals surface area contributed by atoms with E-state index in [1.807, 2.05) is 0 Å². The molecule has 3 N–H and O–H groups in total. The van der Waals surface area contributed by atoms with Gasteiger partial charge in [-0.25, -0.2) is 0 Å². The van der Waals surface area contributed by atoms with Crippen molar-refractivity contribution in [2.45, 2.75) is 19.8 Å². The highest BCUT2D eigenvalue weighted by atomic mass is 16.4. The van der Waals surface area contributed by atoms with E-state index in [-0.39, 0.29) is 18.4 Å². The summed E-state index contributed by atoms with van der Waals surface area (Å²) in [6.07, 6.45) is 1.90. The molecule has 0 radical (unpaired) electrons. The molecular weight excluding hydrogens is 196 g/mol. The Morgan fingerprint density at radius 1 is 1.60 bits per heavy atom. The Balaban J connectivity index is 2.25. The van der Waals surface area contributed by atoms with Gasteiger partial charge in [-0.2, -0.15) is 0 Å². The van der Waals surface area contributed by atoms with Crippen LogP contribution >= 0.6 is 0 Å². The van der Waals surface area contributed by atoms with E-state index < -0.39 is 11.9 Å². The third-order valence-corrected chi connectivity index (χ3v) is 2.67. The summed E-state index contributed by atoms with van der Waals surface area (Å²) in [6, 6.07) is 0. The first kappa shape index (κ1) is 12.0. The summed E-state index contributed by atoms with van der Waals surface area (Å²) >= 11 is 0. The number of carboxylic acids is 1. The maximum atomic E-state index is 11.6. The van der Waals surface area contributed by atoms with E-state index in [1.54, 1.807) is 6.92 Å². The molecule has 5 heteroatoms. The zero-order valence-electron chi connectivity index (χ0n) is 8.95. The molecule has 1 aliphatic rings. The smallest absolute Gasteiger partial charge is 0.308 e. The first-order valence-corrected chi connectivity index (χ1v) is 5.32. The van der Waals surface area contributed by atoms with Crippen LogP contribution in [0.3, 0.4) is 0 Å². The minimum absolute atomic E-state index is 0.000236. The Kier molecular flexibility index (Phi) is 4.55. The van der Waals surface area contributed by atoms with E-state index in [0.717, 1.165) is 19.4 Å². The van der Waals surface area contributed by atoms with Gasteiger partial charge in [0.05, 0.1) is 11.8 Å². The van der Waals surface area contributed by atoms with Crippen LogP contribution in [0, 0.1) is 11.8 Å². The lowest BCUT2D eigenvalue weighted by molar-refractivity contribution is -0.141. The highest BCUT2D eigenvalue weighted by molar-refractivity contribution is 5.79. The van der Waals surface area contributed by atoms with Gasteiger partial charge in [0.25, 0.3) is 0 Å². The molecule has 1 unspecified atom stereocenters. The van der Waals surface area contributed by atoms with Crippen molar-refractivity contribution in [3.05, 3.63) is 0 Å². The summed E-state index contributed by atoms with van der Waals surface area (Å²) in [6.45, 7) is 3.47. The summed E-state index contributed by atoms with van der Waals surface area (Å²) in [5.74, 6) is -1.43. The molecule has 1 aliphatic heterocycles. The molecule has 0 aromatic carbocycles. The van der Waals surface area contributed by atoms with E-state index in [4.69, 9.17) is 5.11 Å². The quantitative estimate of drug-likeness (QED) is 0.607. The lowest BCUT2D eigenvalue weighted by atomic mass is 9.98. The molecule has 1 fully saturated rings. The zero-order chi connectivity index (χ0) is 11.3. The van der Waals surface area contributed by atoms with Gasteiger partial charge in [0.1, 0.15) is 0 Å². The fourth-order valence-corrected chi connectivity index (χ4v) is 1.56. The van der Waals surface area contributed by atoms with Crippen LogP contribution in [0.1, 0.15) is 19.8 Å². The molecular formula is C10H18N2O3. The van der Waals surface area contributed by atoms with Crippen molar-refractivity contribution in [1.29, 1.82) is 0 Å². The Morgan fingerprint density at radius 2 is 2.33 bits per heavy atom. The van der Waals surface area contributed by atoms with E-state index >= 15 is 0 Å². The van der Waals surface area contributed by atoms with Crippen LogP contribution in [0.25, 0.3) is 0 Å². The Morgan fingerprint density at radius 3 is 2.87 bits per heavy atom. The third-order valence-electron chi connectivity index (χ3n) is 2.67. The van der Waals surface area contributed by atoms with Crippen molar-refractivity contribution in [3.63, 3.8) is 0 Å². The van der Waals surface area contributed by atoms with Crippen molar-refractivity contribution in [3.8, 4) is 0 Å². The van der Waals surface area contributed by atoms with Gasteiger partial charge >= 0.3 is 5.97 Å². The molecule has 86 valence electrons. The van der Waals surface area contributed by atoms with Crippen LogP contribution < -0.4 is 10.6 Å². The summed E-state index contributed by atoms with van der Waals surface area (Å²) in [5, 5.41) is 14.5. The second-order valence-corrected chi connectivity index (χ2v) is 4.03. The number of carbonyl (C=O) groups is 2. The standard InChI is InChI=1S/C10H18N2O3/c1-7(10(14)15)5-12-9(13)8-3-2-4-11-6-8/h7-8,11H,2-6H2,1H3,(H,12,13)(H,14,15)/t7?,8-/m0/s1. The maximum Gasteiger partial charge on any atom is 0.308 e. The first-order valence-electron chi connectivity index (χ1n) is 5.32. The Labute approximate surface area is 89.2 Å². The van der Waals surface area contributed by atoms with Crippen molar-refractivity contribution in [2.24, 2.45) is 11.8 Å². The van der Waals surface area contributed by atoms with E-state index in [2.05, 4.69) is 10.6 Å². The van der Waals surface area contributed by atoms with Gasteiger partial charge in [-0.1, -0.05) is 6.92 Å². The van der Waals surface area contributed by atoms with Crippen molar-refractivity contribution < 1.29 is 14.7 Å². The van der Waals surface area contributed by atoms with Crippen LogP contribution in [0.4, 0.5) is 0 Å². The minimum atomic E-state index is -0.878. The molecule has 0 saturated carbocycles. The molecule has 5 nitrogen and oxygen atoms in total. The summed E-state index contributed by atoms with van der Waals surface area (Å²) in [5.41, 5.74) is 0. The topological polar surface area (TPSA) is 78.4 Å². The highest BCUT2D eigenvalue weighted by Gasteiger charge is 2.21. The molecule has 1 heterocycles. The zero-order valence-corrected chi connectivity index (χ0v) is 8.95. The molecule has 0 aromatic rings. The van der Waals surface area contributed by atoms with Gasteiger partial charge in [0.15, 0.2) is 0 Å². The molecule has 2 atom stereocenters. The van der Waals surface area contributed by atoms with Gasteiger partial charge in [0, 0.05) is 13.1 Å². The fraction of sp³-hybridized carbons (Fsp3) is 0.800. The normalized spacial score (nSPS) is 23.1. The van der Waals surface area contributed by atoms with Gasteiger partial charge in [-0.15, -0.1) is 0 Å². The van der Waals surface area contributed by atoms with Crippen molar-refractivity contribution in [2.75, 3.05) is 19.6 Å². The molecule has 0 aliphatic carbocycles. The number of hydrogen-bond acceptors (Lipinski definition) is 3. The number of nitrogens with one attached hydrogen (secondary N) is 2. The summed E-state index contributed by atoms with van der Waals surface area (Å²) in [4.78, 5) is 22.1. The van der Waals surface area contributed by atoms with Crippen LogP contribution in [-0.4, -0.2) is 36.6 Å². The summed E-state index contributed by atoms with van der Waals surface area (Å²) in [7, 11) is 0. The number of amides is 1. The fourth-order valence-electron chi connectivity index (χ4n) is 1.56. The second-order valence-electron chi connectivity index (χ2n) is 4.03. The Hall–Kier alpha value is -1.10. The minimum Gasteiger partial charge on any atom is -0.481 e. The van der Waals surface area contributed by atoms with Crippen molar-refractivity contribution in [1.82, 2.24) is 10.6 Å². The van der Waals surface area contributed by atoms with Gasteiger partial charge < -0.3 is 15.7 Å². The first-order chi connectivity index (χ1) is 7.11. The monoisotopic (exact) mass is 214 g/mol. The van der Waals surface area contributed by atoms with E-state index in [0.29, 0.717) is 6.54 Å². The molecule has 1 amide bonds. The predicted octanol–water partition coefficient (Wildman–Crippen LogP) is -0.177. The molecule has 1 rings (SSSR count). The largest absolute Gasteiger partial charge is 0.481 e. The average molecular weight is 214 g/mol. The molecule has 1 saturated heterocycles. The van der Waals surface area contributed by atoms with E-state index in [1.165, 1.54) is 0 Å². The van der Waals surface area contributed by atoms with Crippen LogP contribution in [-0.2, 0) is 9.59 Å². The SMILES string of the molecule is CC(CNC(=O)[C@H]1CCCNC1)C(=O)O. The molecule has 0 bridgehead atoms. The number of aliphatic carboxylic acids is 1. The van der Waals surface area contributed by atoms with E-state index in [9.17, 15) is 9.59 Å². The highest BCUT2D eigenvalue weighted by Crippen LogP contribution is 2.09. The van der Waals surface area contributed by atoms with Crippen LogP contribution in [0.5, 0.6) is 0 Å².